The zero-order chi connectivity index (χ0) is 44.7. The Morgan fingerprint density at radius 1 is 0.426 bits per heavy atom. The van der Waals surface area contributed by atoms with Crippen LogP contribution in [0.4, 0.5) is 4.79 Å². The molecule has 0 aromatic heterocycles. The Morgan fingerprint density at radius 3 is 1.33 bits per heavy atom. The Hall–Kier alpha value is -1.87. The first-order chi connectivity index (χ1) is 29.8. The third-order valence-electron chi connectivity index (χ3n) is 12.2. The van der Waals surface area contributed by atoms with Crippen molar-refractivity contribution in [2.45, 2.75) is 245 Å². The molecule has 0 bridgehead atoms. The van der Waals surface area contributed by atoms with Crippen LogP contribution in [0.2, 0.25) is 0 Å². The zero-order valence-electron chi connectivity index (χ0n) is 41.4. The van der Waals surface area contributed by atoms with Crippen molar-refractivity contribution >= 4 is 18.0 Å². The molecule has 2 N–H and O–H groups in total. The second-order valence-corrected chi connectivity index (χ2v) is 18.6. The van der Waals surface area contributed by atoms with Gasteiger partial charge in [-0.3, -0.25) is 9.59 Å². The van der Waals surface area contributed by atoms with E-state index in [9.17, 15) is 14.4 Å². The Labute approximate surface area is 379 Å². The number of nitrogens with zero attached hydrogens (tertiary/aromatic N) is 2. The summed E-state index contributed by atoms with van der Waals surface area (Å²) in [6.45, 7) is 13.2. The van der Waals surface area contributed by atoms with Crippen molar-refractivity contribution in [1.29, 1.82) is 0 Å². The van der Waals surface area contributed by atoms with Gasteiger partial charge in [-0.05, 0) is 91.0 Å². The standard InChI is InChI=1S/C52H104N4O5/c1-6-9-12-15-18-24-31-39-50(57)60-47-35-28-20-19-26-33-44-56(46-42-54-52(59)53-41-36-43-55(4)5)45-34-27-21-25-32-40-51(58)61-48-49(37-29-22-16-13-10-7-2)38-30-23-17-14-11-8-3/h49H,6-48H2,1-5H3,(H2,53,54,59). The van der Waals surface area contributed by atoms with Crippen molar-refractivity contribution < 1.29 is 23.9 Å². The monoisotopic (exact) mass is 865 g/mol. The van der Waals surface area contributed by atoms with Crippen LogP contribution < -0.4 is 10.6 Å². The van der Waals surface area contributed by atoms with Crippen LogP contribution in [-0.4, -0.2) is 94.3 Å². The summed E-state index contributed by atoms with van der Waals surface area (Å²) in [5, 5.41) is 6.05. The topological polar surface area (TPSA) is 100 Å². The number of hydrogen-bond acceptors (Lipinski definition) is 7. The van der Waals surface area contributed by atoms with Crippen molar-refractivity contribution in [3.63, 3.8) is 0 Å². The smallest absolute Gasteiger partial charge is 0.314 e. The van der Waals surface area contributed by atoms with Crippen LogP contribution in [0.5, 0.6) is 0 Å². The molecule has 2 amide bonds. The van der Waals surface area contributed by atoms with E-state index in [1.807, 2.05) is 14.1 Å². The lowest BCUT2D eigenvalue weighted by molar-refractivity contribution is -0.145. The van der Waals surface area contributed by atoms with E-state index in [1.165, 1.54) is 141 Å². The summed E-state index contributed by atoms with van der Waals surface area (Å²) in [4.78, 5) is 41.7. The Balaban J connectivity index is 4.41. The molecule has 9 nitrogen and oxygen atoms in total. The van der Waals surface area contributed by atoms with Crippen molar-refractivity contribution in [2.24, 2.45) is 5.92 Å². The predicted octanol–water partition coefficient (Wildman–Crippen LogP) is 13.6. The lowest BCUT2D eigenvalue weighted by atomic mass is 9.94. The molecule has 0 aromatic carbocycles. The number of hydrogen-bond donors (Lipinski definition) is 2. The summed E-state index contributed by atoms with van der Waals surface area (Å²) in [7, 11) is 4.10. The average Bonchev–Trinajstić information content (AvgIpc) is 3.24. The second-order valence-electron chi connectivity index (χ2n) is 18.6. The molecule has 0 unspecified atom stereocenters. The molecule has 61 heavy (non-hydrogen) atoms. The van der Waals surface area contributed by atoms with Gasteiger partial charge in [-0.15, -0.1) is 0 Å². The minimum absolute atomic E-state index is 0.00572. The van der Waals surface area contributed by atoms with Gasteiger partial charge in [0.25, 0.3) is 0 Å². The maximum absolute atomic E-state index is 12.7. The van der Waals surface area contributed by atoms with Crippen LogP contribution in [0.15, 0.2) is 0 Å². The molecule has 0 atom stereocenters. The number of amides is 2. The molecule has 362 valence electrons. The van der Waals surface area contributed by atoms with Gasteiger partial charge in [0, 0.05) is 32.5 Å². The van der Waals surface area contributed by atoms with Crippen LogP contribution >= 0.6 is 0 Å². The first kappa shape index (κ1) is 59.1. The highest BCUT2D eigenvalue weighted by Gasteiger charge is 2.13. The highest BCUT2D eigenvalue weighted by molar-refractivity contribution is 5.73. The molecule has 0 aromatic rings. The summed E-state index contributed by atoms with van der Waals surface area (Å²) in [6.07, 6.45) is 41.0. The van der Waals surface area contributed by atoms with Gasteiger partial charge in [-0.1, -0.05) is 181 Å². The number of rotatable bonds is 48. The molecule has 0 radical (unpaired) electrons. The summed E-state index contributed by atoms with van der Waals surface area (Å²) in [5.41, 5.74) is 0. The molecule has 0 aliphatic heterocycles. The van der Waals surface area contributed by atoms with Crippen molar-refractivity contribution in [3.8, 4) is 0 Å². The summed E-state index contributed by atoms with van der Waals surface area (Å²) in [5.74, 6) is 0.490. The van der Waals surface area contributed by atoms with Gasteiger partial charge < -0.3 is 29.9 Å². The minimum atomic E-state index is -0.0770. The van der Waals surface area contributed by atoms with E-state index < -0.39 is 0 Å². The number of carbonyl (C=O) groups is 3. The summed E-state index contributed by atoms with van der Waals surface area (Å²) in [6, 6.07) is -0.0770. The van der Waals surface area contributed by atoms with E-state index in [-0.39, 0.29) is 18.0 Å². The maximum Gasteiger partial charge on any atom is 0.314 e. The van der Waals surface area contributed by atoms with Gasteiger partial charge in [0.05, 0.1) is 13.2 Å². The molecule has 9 heteroatoms. The first-order valence-corrected chi connectivity index (χ1v) is 26.5. The fourth-order valence-electron chi connectivity index (χ4n) is 8.11. The van der Waals surface area contributed by atoms with E-state index in [1.54, 1.807) is 0 Å². The SMILES string of the molecule is CCCCCCCCCC(=O)OCCCCCCCCN(CCCCCCCC(=O)OCC(CCCCCCCC)CCCCCCCC)CCNC(=O)NCCCN(C)C. The van der Waals surface area contributed by atoms with E-state index in [0.717, 1.165) is 96.8 Å². The van der Waals surface area contributed by atoms with Crippen molar-refractivity contribution in [1.82, 2.24) is 20.4 Å². The lowest BCUT2D eigenvalue weighted by Gasteiger charge is -2.22. The molecular weight excluding hydrogens is 761 g/mol. The van der Waals surface area contributed by atoms with Gasteiger partial charge in [0.15, 0.2) is 0 Å². The van der Waals surface area contributed by atoms with Gasteiger partial charge >= 0.3 is 18.0 Å². The Bertz CT molecular complexity index is 935. The van der Waals surface area contributed by atoms with Gasteiger partial charge in [-0.25, -0.2) is 4.79 Å². The number of unbranched alkanes of at least 4 members (excludes halogenated alkanes) is 25. The largest absolute Gasteiger partial charge is 0.466 e. The molecule has 0 heterocycles. The maximum atomic E-state index is 12.7. The van der Waals surface area contributed by atoms with Crippen LogP contribution in [0.3, 0.4) is 0 Å². The molecule has 0 aliphatic rings. The molecule has 0 fully saturated rings. The van der Waals surface area contributed by atoms with Crippen LogP contribution in [0.25, 0.3) is 0 Å². The first-order valence-electron chi connectivity index (χ1n) is 26.5. The van der Waals surface area contributed by atoms with Crippen LogP contribution in [0, 0.1) is 5.92 Å². The number of carbonyl (C=O) groups excluding carboxylic acids is 3. The summed E-state index contributed by atoms with van der Waals surface area (Å²) >= 11 is 0. The van der Waals surface area contributed by atoms with E-state index in [0.29, 0.717) is 45.1 Å². The van der Waals surface area contributed by atoms with Gasteiger partial charge in [0.2, 0.25) is 0 Å². The fourth-order valence-corrected chi connectivity index (χ4v) is 8.11. The number of esters is 2. The zero-order valence-corrected chi connectivity index (χ0v) is 41.4. The fraction of sp³-hybridized carbons (Fsp3) is 0.942. The van der Waals surface area contributed by atoms with Crippen LogP contribution in [-0.2, 0) is 19.1 Å². The van der Waals surface area contributed by atoms with Crippen LogP contribution in [0.1, 0.15) is 245 Å². The lowest BCUT2D eigenvalue weighted by Crippen LogP contribution is -2.41. The van der Waals surface area contributed by atoms with E-state index >= 15 is 0 Å². The normalized spacial score (nSPS) is 11.5. The Kier molecular flexibility index (Phi) is 46.1. The number of urea groups is 1. The molecule has 0 spiro atoms. The average molecular weight is 865 g/mol. The molecule has 0 saturated carbocycles. The Morgan fingerprint density at radius 2 is 0.836 bits per heavy atom. The number of nitrogens with one attached hydrogen (secondary N) is 2. The molecule has 0 saturated heterocycles. The second kappa shape index (κ2) is 47.6. The molecule has 0 rings (SSSR count). The number of ether oxygens (including phenoxy) is 2. The quantitative estimate of drug-likeness (QED) is 0.0464. The van der Waals surface area contributed by atoms with E-state index in [4.69, 9.17) is 9.47 Å². The van der Waals surface area contributed by atoms with E-state index in [2.05, 4.69) is 41.2 Å². The third-order valence-corrected chi connectivity index (χ3v) is 12.2. The highest BCUT2D eigenvalue weighted by atomic mass is 16.5. The summed E-state index contributed by atoms with van der Waals surface area (Å²) < 4.78 is 11.3. The van der Waals surface area contributed by atoms with Gasteiger partial charge in [0.1, 0.15) is 0 Å². The molecular formula is C52H104N4O5. The van der Waals surface area contributed by atoms with Gasteiger partial charge in [-0.2, -0.15) is 0 Å². The van der Waals surface area contributed by atoms with Crippen molar-refractivity contribution in [3.05, 3.63) is 0 Å². The highest BCUT2D eigenvalue weighted by Crippen LogP contribution is 2.20. The minimum Gasteiger partial charge on any atom is -0.466 e. The predicted molar refractivity (Wildman–Crippen MR) is 260 cm³/mol. The van der Waals surface area contributed by atoms with Crippen molar-refractivity contribution in [2.75, 3.05) is 66.6 Å². The molecule has 0 aliphatic carbocycles. The third kappa shape index (κ3) is 46.0.